The average Bonchev–Trinajstić information content (AvgIpc) is 3.16. The molecule has 3 N–H and O–H groups in total. The number of fused-ring (bicyclic) bond motifs is 1. The van der Waals surface area contributed by atoms with Crippen LogP contribution in [0.5, 0.6) is 17.2 Å². The number of halogens is 1. The molecule has 0 unspecified atom stereocenters. The van der Waals surface area contributed by atoms with E-state index in [-0.39, 0.29) is 30.1 Å². The van der Waals surface area contributed by atoms with Crippen LogP contribution < -0.4 is 14.8 Å². The molecule has 1 aliphatic heterocycles. The number of carbonyl (C=O) groups is 3. The van der Waals surface area contributed by atoms with Crippen molar-refractivity contribution in [2.24, 2.45) is 5.92 Å². The zero-order chi connectivity index (χ0) is 25.8. The quantitative estimate of drug-likeness (QED) is 0.483. The standard InChI is InChI=1S/C26H29FN2O7/c1-15(30)28-21(26(33)34)14-35-19-3-2-4-20(11-19)36-18-8-5-16(6-9-18)12-29-13-17-7-10-22(31)24(27)23(17)25(29)32/h2-4,7,10-11,16,18,21,31H,5-6,8-9,12-14H2,1H3,(H,28,30)(H,33,34)/t16?,18?,21-/m0/s1. The lowest BCUT2D eigenvalue weighted by molar-refractivity contribution is -0.142. The second-order valence-corrected chi connectivity index (χ2v) is 9.26. The Morgan fingerprint density at radius 2 is 1.89 bits per heavy atom. The van der Waals surface area contributed by atoms with Gasteiger partial charge in [-0.15, -0.1) is 0 Å². The van der Waals surface area contributed by atoms with E-state index in [9.17, 15) is 29.0 Å². The Labute approximate surface area is 207 Å². The largest absolute Gasteiger partial charge is 0.505 e. The summed E-state index contributed by atoms with van der Waals surface area (Å²) >= 11 is 0. The van der Waals surface area contributed by atoms with Crippen molar-refractivity contribution >= 4 is 17.8 Å². The van der Waals surface area contributed by atoms with Gasteiger partial charge in [0.25, 0.3) is 5.91 Å². The van der Waals surface area contributed by atoms with Gasteiger partial charge in [0.2, 0.25) is 5.91 Å². The number of ether oxygens (including phenoxy) is 2. The molecule has 2 aromatic rings. The van der Waals surface area contributed by atoms with E-state index in [4.69, 9.17) is 9.47 Å². The summed E-state index contributed by atoms with van der Waals surface area (Å²) in [6, 6.07) is 8.63. The molecule has 4 rings (SSSR count). The molecular formula is C26H29FN2O7. The van der Waals surface area contributed by atoms with E-state index in [0.29, 0.717) is 30.2 Å². The molecule has 0 saturated heterocycles. The summed E-state index contributed by atoms with van der Waals surface area (Å²) in [4.78, 5) is 36.7. The van der Waals surface area contributed by atoms with E-state index in [1.54, 1.807) is 35.2 Å². The minimum absolute atomic E-state index is 0.0106. The number of phenolic OH excluding ortho intramolecular Hbond substituents is 1. The fourth-order valence-electron chi connectivity index (χ4n) is 4.72. The monoisotopic (exact) mass is 500 g/mol. The Morgan fingerprint density at radius 3 is 2.58 bits per heavy atom. The SMILES string of the molecule is CC(=O)N[C@@H](COc1cccc(OC2CCC(CN3Cc4ccc(O)c(F)c4C3=O)CC2)c1)C(=O)O. The molecule has 2 amide bonds. The van der Waals surface area contributed by atoms with Crippen LogP contribution in [0.15, 0.2) is 36.4 Å². The normalized spacial score (nSPS) is 19.9. The topological polar surface area (TPSA) is 125 Å². The third-order valence-electron chi connectivity index (χ3n) is 6.54. The number of aromatic hydroxyl groups is 1. The first-order chi connectivity index (χ1) is 17.2. The molecule has 2 aromatic carbocycles. The summed E-state index contributed by atoms with van der Waals surface area (Å²) in [6.45, 7) is 1.90. The fourth-order valence-corrected chi connectivity index (χ4v) is 4.72. The van der Waals surface area contributed by atoms with Gasteiger partial charge < -0.3 is 29.9 Å². The minimum Gasteiger partial charge on any atom is -0.505 e. The lowest BCUT2D eigenvalue weighted by atomic mass is 9.87. The summed E-state index contributed by atoms with van der Waals surface area (Å²) in [5.74, 6) is -2.07. The maximum Gasteiger partial charge on any atom is 0.329 e. The van der Waals surface area contributed by atoms with Gasteiger partial charge in [-0.3, -0.25) is 9.59 Å². The van der Waals surface area contributed by atoms with Crippen LogP contribution in [0.25, 0.3) is 0 Å². The van der Waals surface area contributed by atoms with E-state index in [1.807, 2.05) is 0 Å². The van der Waals surface area contributed by atoms with Gasteiger partial charge in [-0.1, -0.05) is 12.1 Å². The number of hydrogen-bond acceptors (Lipinski definition) is 6. The number of carboxylic acids is 1. The molecule has 1 heterocycles. The molecule has 1 saturated carbocycles. The second-order valence-electron chi connectivity index (χ2n) is 9.26. The molecule has 0 radical (unpaired) electrons. The maximum absolute atomic E-state index is 14.2. The highest BCUT2D eigenvalue weighted by Gasteiger charge is 2.34. The minimum atomic E-state index is -1.18. The number of rotatable bonds is 9. The summed E-state index contributed by atoms with van der Waals surface area (Å²) < 4.78 is 25.9. The number of carbonyl (C=O) groups excluding carboxylic acids is 2. The van der Waals surface area contributed by atoms with Gasteiger partial charge in [-0.05, 0) is 55.4 Å². The van der Waals surface area contributed by atoms with Crippen molar-refractivity contribution in [1.29, 1.82) is 0 Å². The van der Waals surface area contributed by atoms with E-state index >= 15 is 0 Å². The Kier molecular flexibility index (Phi) is 7.61. The van der Waals surface area contributed by atoms with Gasteiger partial charge in [-0.25, -0.2) is 9.18 Å². The summed E-state index contributed by atoms with van der Waals surface area (Å²) in [6.07, 6.45) is 3.29. The number of phenols is 1. The molecule has 0 spiro atoms. The number of amides is 2. The van der Waals surface area contributed by atoms with Crippen molar-refractivity contribution in [2.45, 2.75) is 51.3 Å². The Balaban J connectivity index is 1.26. The number of nitrogens with zero attached hydrogens (tertiary/aromatic N) is 1. The van der Waals surface area contributed by atoms with Crippen molar-refractivity contribution in [3.8, 4) is 17.2 Å². The van der Waals surface area contributed by atoms with Crippen LogP contribution in [0.1, 0.15) is 48.5 Å². The lowest BCUT2D eigenvalue weighted by Crippen LogP contribution is -2.43. The molecule has 1 atom stereocenters. The fraction of sp³-hybridized carbons (Fsp3) is 0.423. The van der Waals surface area contributed by atoms with Gasteiger partial charge in [0.15, 0.2) is 17.6 Å². The van der Waals surface area contributed by atoms with Crippen LogP contribution in [-0.4, -0.2) is 58.2 Å². The van der Waals surface area contributed by atoms with Crippen molar-refractivity contribution in [1.82, 2.24) is 10.2 Å². The molecule has 1 fully saturated rings. The third kappa shape index (κ3) is 5.87. The number of benzene rings is 2. The lowest BCUT2D eigenvalue weighted by Gasteiger charge is -2.31. The zero-order valence-electron chi connectivity index (χ0n) is 19.9. The van der Waals surface area contributed by atoms with Crippen LogP contribution >= 0.6 is 0 Å². The summed E-state index contributed by atoms with van der Waals surface area (Å²) in [7, 11) is 0. The molecule has 192 valence electrons. The molecule has 2 aliphatic rings. The van der Waals surface area contributed by atoms with E-state index in [0.717, 1.165) is 25.7 Å². The van der Waals surface area contributed by atoms with Gasteiger partial charge in [-0.2, -0.15) is 0 Å². The Morgan fingerprint density at radius 1 is 1.17 bits per heavy atom. The first-order valence-electron chi connectivity index (χ1n) is 11.9. The zero-order valence-corrected chi connectivity index (χ0v) is 19.9. The van der Waals surface area contributed by atoms with E-state index in [1.165, 1.54) is 13.0 Å². The van der Waals surface area contributed by atoms with E-state index in [2.05, 4.69) is 5.32 Å². The maximum atomic E-state index is 14.2. The third-order valence-corrected chi connectivity index (χ3v) is 6.54. The highest BCUT2D eigenvalue weighted by molar-refractivity contribution is 5.99. The highest BCUT2D eigenvalue weighted by Crippen LogP contribution is 2.34. The van der Waals surface area contributed by atoms with Crippen molar-refractivity contribution in [3.63, 3.8) is 0 Å². The number of nitrogens with one attached hydrogen (secondary N) is 1. The van der Waals surface area contributed by atoms with Gasteiger partial charge in [0.05, 0.1) is 11.7 Å². The molecule has 1 aliphatic carbocycles. The van der Waals surface area contributed by atoms with Crippen LogP contribution in [-0.2, 0) is 16.1 Å². The molecule has 10 heteroatoms. The second kappa shape index (κ2) is 10.8. The van der Waals surface area contributed by atoms with Crippen LogP contribution in [0.3, 0.4) is 0 Å². The molecule has 9 nitrogen and oxygen atoms in total. The van der Waals surface area contributed by atoms with Gasteiger partial charge in [0.1, 0.15) is 18.1 Å². The molecule has 0 bridgehead atoms. The Bertz CT molecular complexity index is 1150. The van der Waals surface area contributed by atoms with Gasteiger partial charge >= 0.3 is 5.97 Å². The molecule has 36 heavy (non-hydrogen) atoms. The van der Waals surface area contributed by atoms with Crippen molar-refractivity contribution in [3.05, 3.63) is 53.3 Å². The highest BCUT2D eigenvalue weighted by atomic mass is 19.1. The molecular weight excluding hydrogens is 471 g/mol. The van der Waals surface area contributed by atoms with Crippen molar-refractivity contribution < 1.29 is 38.5 Å². The Hall–Kier alpha value is -3.82. The smallest absolute Gasteiger partial charge is 0.329 e. The van der Waals surface area contributed by atoms with Crippen molar-refractivity contribution in [2.75, 3.05) is 13.2 Å². The predicted molar refractivity (Wildman–Crippen MR) is 126 cm³/mol. The van der Waals surface area contributed by atoms with E-state index < -0.39 is 29.5 Å². The first kappa shape index (κ1) is 25.3. The summed E-state index contributed by atoms with van der Waals surface area (Å²) in [5.41, 5.74) is 0.571. The molecule has 0 aromatic heterocycles. The van der Waals surface area contributed by atoms with Crippen LogP contribution in [0.4, 0.5) is 4.39 Å². The predicted octanol–water partition coefficient (Wildman–Crippen LogP) is 3.09. The van der Waals surface area contributed by atoms with Crippen LogP contribution in [0.2, 0.25) is 0 Å². The number of hydrogen-bond donors (Lipinski definition) is 3. The summed E-state index contributed by atoms with van der Waals surface area (Å²) in [5, 5.41) is 21.1. The van der Waals surface area contributed by atoms with Gasteiger partial charge in [0, 0.05) is 26.1 Å². The van der Waals surface area contributed by atoms with Crippen LogP contribution in [0, 0.1) is 11.7 Å². The number of aliphatic carboxylic acids is 1. The average molecular weight is 501 g/mol. The number of carboxylic acid groups (broad SMARTS) is 1. The first-order valence-corrected chi connectivity index (χ1v) is 11.9.